The average molecular weight is 528 g/mol. The van der Waals surface area contributed by atoms with Gasteiger partial charge in [-0.2, -0.15) is 0 Å². The Balaban J connectivity index is 1.44. The summed E-state index contributed by atoms with van der Waals surface area (Å²) < 4.78 is 2.34. The number of carbonyl (C=O) groups excluding carboxylic acids is 1. The molecular weight excluding hydrogens is 498 g/mol. The second kappa shape index (κ2) is 10.8. The minimum Gasteiger partial charge on any atom is -0.340 e. The number of nitrogens with zero attached hydrogens (tertiary/aromatic N) is 3. The minimum absolute atomic E-state index is 0.0228. The van der Waals surface area contributed by atoms with E-state index in [-0.39, 0.29) is 11.9 Å². The fourth-order valence-electron chi connectivity index (χ4n) is 5.14. The maximum atomic E-state index is 14.0. The molecule has 1 amide bonds. The molecule has 0 aliphatic carbocycles. The van der Waals surface area contributed by atoms with Crippen LogP contribution in [0.4, 0.5) is 5.69 Å². The third-order valence-electron chi connectivity index (χ3n) is 7.23. The van der Waals surface area contributed by atoms with Gasteiger partial charge in [-0.25, -0.2) is 4.99 Å². The van der Waals surface area contributed by atoms with Gasteiger partial charge in [-0.3, -0.25) is 9.69 Å². The Kier molecular flexibility index (Phi) is 6.91. The van der Waals surface area contributed by atoms with Crippen LogP contribution in [0.3, 0.4) is 0 Å². The molecule has 5 heteroatoms. The van der Waals surface area contributed by atoms with Crippen LogP contribution < -0.4 is 0 Å². The van der Waals surface area contributed by atoms with E-state index in [1.54, 1.807) is 0 Å². The molecule has 1 aliphatic rings. The number of thioether (sulfide) groups is 1. The molecule has 2 heterocycles. The highest BCUT2D eigenvalue weighted by Gasteiger charge is 2.37. The lowest BCUT2D eigenvalue weighted by molar-refractivity contribution is -0.123. The van der Waals surface area contributed by atoms with E-state index in [9.17, 15) is 4.79 Å². The first-order valence-corrected chi connectivity index (χ1v) is 14.0. The fourth-order valence-corrected chi connectivity index (χ4v) is 6.19. The second-order valence-electron chi connectivity index (χ2n) is 9.69. The zero-order valence-electron chi connectivity index (χ0n) is 22.0. The Morgan fingerprint density at radius 3 is 2.15 bits per heavy atom. The van der Waals surface area contributed by atoms with E-state index >= 15 is 0 Å². The van der Waals surface area contributed by atoms with Gasteiger partial charge in [0.05, 0.1) is 16.6 Å². The molecule has 0 spiro atoms. The van der Waals surface area contributed by atoms with Gasteiger partial charge in [-0.1, -0.05) is 97.1 Å². The standard InChI is InChI=1S/C34H29N3OS/c1-24(27-16-8-4-9-17-27)37-33(38)32(39-34(37)35-28-18-10-5-11-19-28)22-30-25(2)36(23-26-14-6-3-7-15-26)31-21-13-12-20-29(30)31/h3-22,24H,23H2,1-2H3/b32-22+,35-34?/t24-/m0/s1. The number of rotatable bonds is 6. The molecule has 0 unspecified atom stereocenters. The zero-order chi connectivity index (χ0) is 26.8. The van der Waals surface area contributed by atoms with Crippen LogP contribution in [0.2, 0.25) is 0 Å². The van der Waals surface area contributed by atoms with Crippen LogP contribution in [0.25, 0.3) is 17.0 Å². The van der Waals surface area contributed by atoms with Crippen molar-refractivity contribution in [1.82, 2.24) is 9.47 Å². The maximum absolute atomic E-state index is 14.0. The Bertz CT molecular complexity index is 1690. The summed E-state index contributed by atoms with van der Waals surface area (Å²) in [5.74, 6) is -0.0228. The normalized spacial score (nSPS) is 16.5. The van der Waals surface area contributed by atoms with E-state index < -0.39 is 0 Å². The van der Waals surface area contributed by atoms with Gasteiger partial charge in [-0.05, 0) is 61.0 Å². The van der Waals surface area contributed by atoms with Crippen LogP contribution in [0.1, 0.15) is 35.3 Å². The number of aliphatic imine (C=N–C) groups is 1. The van der Waals surface area contributed by atoms with Crippen molar-refractivity contribution in [1.29, 1.82) is 0 Å². The third-order valence-corrected chi connectivity index (χ3v) is 8.21. The van der Waals surface area contributed by atoms with Gasteiger partial charge >= 0.3 is 0 Å². The summed E-state index contributed by atoms with van der Waals surface area (Å²) in [6.45, 7) is 4.98. The molecule has 0 saturated carbocycles. The number of para-hydroxylation sites is 2. The number of hydrogen-bond acceptors (Lipinski definition) is 3. The molecule has 1 aliphatic heterocycles. The summed E-state index contributed by atoms with van der Waals surface area (Å²) in [5.41, 5.74) is 6.52. The van der Waals surface area contributed by atoms with Crippen LogP contribution in [-0.4, -0.2) is 20.5 Å². The lowest BCUT2D eigenvalue weighted by Gasteiger charge is -2.24. The van der Waals surface area contributed by atoms with Gasteiger partial charge in [0.2, 0.25) is 0 Å². The number of hydrogen-bond donors (Lipinski definition) is 0. The third kappa shape index (κ3) is 4.93. The molecule has 1 fully saturated rings. The highest BCUT2D eigenvalue weighted by molar-refractivity contribution is 8.18. The molecule has 1 saturated heterocycles. The molecule has 1 atom stereocenters. The van der Waals surface area contributed by atoms with E-state index in [4.69, 9.17) is 4.99 Å². The van der Waals surface area contributed by atoms with Crippen LogP contribution in [0.15, 0.2) is 125 Å². The summed E-state index contributed by atoms with van der Waals surface area (Å²) in [5, 5.41) is 1.84. The zero-order valence-corrected chi connectivity index (χ0v) is 22.8. The average Bonchev–Trinajstić information content (AvgIpc) is 3.42. The van der Waals surface area contributed by atoms with Gasteiger partial charge < -0.3 is 4.57 Å². The van der Waals surface area contributed by atoms with Crippen molar-refractivity contribution in [2.45, 2.75) is 26.4 Å². The van der Waals surface area contributed by atoms with Gasteiger partial charge in [-0.15, -0.1) is 0 Å². The molecule has 6 rings (SSSR count). The molecule has 4 nitrogen and oxygen atoms in total. The lowest BCUT2D eigenvalue weighted by atomic mass is 10.1. The van der Waals surface area contributed by atoms with E-state index in [1.165, 1.54) is 17.3 Å². The first-order valence-electron chi connectivity index (χ1n) is 13.1. The molecule has 1 aromatic heterocycles. The van der Waals surface area contributed by atoms with Gasteiger partial charge in [0.15, 0.2) is 5.17 Å². The smallest absolute Gasteiger partial charge is 0.267 e. The Labute approximate surface area is 233 Å². The number of carbonyl (C=O) groups is 1. The fraction of sp³-hybridized carbons (Fsp3) is 0.118. The minimum atomic E-state index is -0.153. The highest BCUT2D eigenvalue weighted by Crippen LogP contribution is 2.40. The number of aromatic nitrogens is 1. The number of benzene rings is 4. The molecular formula is C34H29N3OS. The molecule has 0 bridgehead atoms. The number of amidine groups is 1. The predicted octanol–water partition coefficient (Wildman–Crippen LogP) is 8.36. The van der Waals surface area contributed by atoms with Crippen molar-refractivity contribution in [3.63, 3.8) is 0 Å². The summed E-state index contributed by atoms with van der Waals surface area (Å²) in [7, 11) is 0. The molecule has 4 aromatic carbocycles. The van der Waals surface area contributed by atoms with Crippen molar-refractivity contribution in [2.75, 3.05) is 0 Å². The summed E-state index contributed by atoms with van der Waals surface area (Å²) in [6, 6.07) is 38.7. The second-order valence-corrected chi connectivity index (χ2v) is 10.7. The van der Waals surface area contributed by atoms with Crippen LogP contribution in [0.5, 0.6) is 0 Å². The van der Waals surface area contributed by atoms with Gasteiger partial charge in [0.1, 0.15) is 0 Å². The van der Waals surface area contributed by atoms with Crippen LogP contribution in [0, 0.1) is 6.92 Å². The van der Waals surface area contributed by atoms with Crippen molar-refractivity contribution in [3.05, 3.63) is 143 Å². The van der Waals surface area contributed by atoms with Crippen molar-refractivity contribution >= 4 is 45.5 Å². The first kappa shape index (κ1) is 25.0. The highest BCUT2D eigenvalue weighted by atomic mass is 32.2. The SMILES string of the molecule is Cc1c(/C=C2/SC(=Nc3ccccc3)N([C@@H](C)c3ccccc3)C2=O)c2ccccc2n1Cc1ccccc1. The molecule has 0 radical (unpaired) electrons. The van der Waals surface area contributed by atoms with E-state index in [0.29, 0.717) is 10.1 Å². The molecule has 192 valence electrons. The largest absolute Gasteiger partial charge is 0.340 e. The van der Waals surface area contributed by atoms with Gasteiger partial charge in [0.25, 0.3) is 5.91 Å². The van der Waals surface area contributed by atoms with E-state index in [2.05, 4.69) is 85.2 Å². The van der Waals surface area contributed by atoms with Gasteiger partial charge in [0, 0.05) is 28.7 Å². The summed E-state index contributed by atoms with van der Waals surface area (Å²) in [6.07, 6.45) is 2.06. The van der Waals surface area contributed by atoms with Crippen LogP contribution >= 0.6 is 11.8 Å². The van der Waals surface area contributed by atoms with E-state index in [0.717, 1.165) is 40.0 Å². The Hall–Kier alpha value is -4.35. The monoisotopic (exact) mass is 527 g/mol. The summed E-state index contributed by atoms with van der Waals surface area (Å²) in [4.78, 5) is 21.4. The predicted molar refractivity (Wildman–Crippen MR) is 163 cm³/mol. The maximum Gasteiger partial charge on any atom is 0.267 e. The van der Waals surface area contributed by atoms with Crippen molar-refractivity contribution in [2.24, 2.45) is 4.99 Å². The molecule has 5 aromatic rings. The number of amides is 1. The number of fused-ring (bicyclic) bond motifs is 1. The molecule has 0 N–H and O–H groups in total. The summed E-state index contributed by atoms with van der Waals surface area (Å²) >= 11 is 1.45. The van der Waals surface area contributed by atoms with Crippen molar-refractivity contribution < 1.29 is 4.79 Å². The Morgan fingerprint density at radius 2 is 1.44 bits per heavy atom. The lowest BCUT2D eigenvalue weighted by Crippen LogP contribution is -2.32. The first-order chi connectivity index (χ1) is 19.1. The van der Waals surface area contributed by atoms with Crippen LogP contribution in [-0.2, 0) is 11.3 Å². The van der Waals surface area contributed by atoms with E-state index in [1.807, 2.05) is 59.5 Å². The van der Waals surface area contributed by atoms with Crippen molar-refractivity contribution in [3.8, 4) is 0 Å². The topological polar surface area (TPSA) is 37.6 Å². The Morgan fingerprint density at radius 1 is 0.821 bits per heavy atom. The molecule has 39 heavy (non-hydrogen) atoms. The quantitative estimate of drug-likeness (QED) is 0.208.